The summed E-state index contributed by atoms with van der Waals surface area (Å²) >= 11 is 0. The average molecular weight is 783 g/mol. The maximum absolute atomic E-state index is 13.0. The van der Waals surface area contributed by atoms with E-state index in [0.717, 1.165) is 19.3 Å². The first-order valence-corrected chi connectivity index (χ1v) is 21.4. The van der Waals surface area contributed by atoms with Crippen molar-refractivity contribution in [1.82, 2.24) is 10.6 Å². The van der Waals surface area contributed by atoms with Crippen LogP contribution in [0.3, 0.4) is 0 Å². The van der Waals surface area contributed by atoms with E-state index < -0.39 is 22.8 Å². The van der Waals surface area contributed by atoms with Crippen LogP contribution in [0.15, 0.2) is 0 Å². The third kappa shape index (κ3) is 17.6. The minimum atomic E-state index is -0.933. The Kier molecular flexibility index (Phi) is 17.4. The van der Waals surface area contributed by atoms with Gasteiger partial charge in [-0.15, -0.1) is 0 Å². The standard InChI is InChI=1S/C45H86N2O8/c1-18-32(33-26-52-44(16,54-33)22-20-35(48)46-30-40(9,10)28-38(3,4)5)37(42(13,14)51-25-24-43(15,50)19-2)34-27-53-45(17,55-34)23-21-36(49)47-31-41(11,12)29-39(6,7)8/h32-34,37,50H,18-31H2,1-17H3,(H,46,48)(H,47,49). The molecule has 2 aliphatic heterocycles. The zero-order valence-corrected chi connectivity index (χ0v) is 38.5. The van der Waals surface area contributed by atoms with Crippen molar-refractivity contribution in [1.29, 1.82) is 0 Å². The molecule has 0 spiro atoms. The number of ether oxygens (including phenoxy) is 5. The van der Waals surface area contributed by atoms with Gasteiger partial charge in [-0.3, -0.25) is 9.59 Å². The Morgan fingerprint density at radius 1 is 0.727 bits per heavy atom. The Morgan fingerprint density at radius 2 is 1.15 bits per heavy atom. The number of carbonyl (C=O) groups is 2. The van der Waals surface area contributed by atoms with E-state index in [1.165, 1.54) is 0 Å². The number of rotatable bonds is 22. The SMILES string of the molecule is CCC(C1COC(C)(CCC(=O)NCC(C)(C)CC(C)(C)C)O1)C(C1COC(C)(CCC(=O)NCC(C)(C)CC(C)(C)C)O1)C(C)(C)OCCC(C)(O)CC. The molecule has 3 N–H and O–H groups in total. The molecular formula is C45H86N2O8. The van der Waals surface area contributed by atoms with E-state index in [0.29, 0.717) is 71.4 Å². The molecule has 2 rings (SSSR count). The fraction of sp³-hybridized carbons (Fsp3) is 0.956. The van der Waals surface area contributed by atoms with Crippen LogP contribution < -0.4 is 10.6 Å². The highest BCUT2D eigenvalue weighted by Gasteiger charge is 2.53. The van der Waals surface area contributed by atoms with Crippen LogP contribution in [-0.4, -0.2) is 84.8 Å². The Bertz CT molecular complexity index is 1220. The summed E-state index contributed by atoms with van der Waals surface area (Å²) < 4.78 is 32.9. The Hall–Kier alpha value is -1.30. The van der Waals surface area contributed by atoms with Gasteiger partial charge in [0.25, 0.3) is 0 Å². The predicted molar refractivity (Wildman–Crippen MR) is 221 cm³/mol. The van der Waals surface area contributed by atoms with E-state index in [1.54, 1.807) is 0 Å². The van der Waals surface area contributed by atoms with Crippen molar-refractivity contribution < 1.29 is 38.4 Å². The van der Waals surface area contributed by atoms with Crippen LogP contribution in [0, 0.1) is 33.5 Å². The second-order valence-corrected chi connectivity index (χ2v) is 22.2. The van der Waals surface area contributed by atoms with Gasteiger partial charge in [0.1, 0.15) is 0 Å². The van der Waals surface area contributed by atoms with Gasteiger partial charge in [0.05, 0.1) is 43.2 Å². The molecule has 0 bridgehead atoms. The fourth-order valence-electron chi connectivity index (χ4n) is 9.27. The molecule has 2 aliphatic rings. The molecule has 10 heteroatoms. The Morgan fingerprint density at radius 3 is 1.55 bits per heavy atom. The maximum Gasteiger partial charge on any atom is 0.220 e. The zero-order valence-electron chi connectivity index (χ0n) is 38.5. The fourth-order valence-corrected chi connectivity index (χ4v) is 9.27. The number of hydrogen-bond acceptors (Lipinski definition) is 8. The summed E-state index contributed by atoms with van der Waals surface area (Å²) in [5.41, 5.74) is -1.16. The molecule has 0 aromatic rings. The molecule has 7 unspecified atom stereocenters. The molecule has 7 atom stereocenters. The van der Waals surface area contributed by atoms with Gasteiger partial charge in [0.15, 0.2) is 11.6 Å². The molecule has 0 saturated carbocycles. The van der Waals surface area contributed by atoms with Gasteiger partial charge >= 0.3 is 0 Å². The lowest BCUT2D eigenvalue weighted by atomic mass is 9.72. The van der Waals surface area contributed by atoms with Crippen LogP contribution in [0.2, 0.25) is 0 Å². The van der Waals surface area contributed by atoms with Crippen LogP contribution in [0.4, 0.5) is 0 Å². The number of carbonyl (C=O) groups excluding carboxylic acids is 2. The Balaban J connectivity index is 2.17. The third-order valence-corrected chi connectivity index (χ3v) is 11.6. The second-order valence-electron chi connectivity index (χ2n) is 22.2. The van der Waals surface area contributed by atoms with Crippen molar-refractivity contribution in [3.63, 3.8) is 0 Å². The smallest absolute Gasteiger partial charge is 0.220 e. The van der Waals surface area contributed by atoms with Crippen molar-refractivity contribution in [2.24, 2.45) is 33.5 Å². The molecule has 2 heterocycles. The van der Waals surface area contributed by atoms with Gasteiger partial charge in [-0.05, 0) is 87.9 Å². The van der Waals surface area contributed by atoms with E-state index in [4.69, 9.17) is 23.7 Å². The monoisotopic (exact) mass is 783 g/mol. The minimum absolute atomic E-state index is 0.000589. The highest BCUT2D eigenvalue weighted by molar-refractivity contribution is 5.76. The predicted octanol–water partition coefficient (Wildman–Crippen LogP) is 8.96. The van der Waals surface area contributed by atoms with E-state index in [2.05, 4.69) is 101 Å². The topological polar surface area (TPSA) is 125 Å². The lowest BCUT2D eigenvalue weighted by Crippen LogP contribution is -2.51. The second kappa shape index (κ2) is 19.2. The zero-order chi connectivity index (χ0) is 42.3. The minimum Gasteiger partial charge on any atom is -0.390 e. The van der Waals surface area contributed by atoms with Crippen LogP contribution in [0.5, 0.6) is 0 Å². The molecule has 2 saturated heterocycles. The molecule has 2 fully saturated rings. The first-order valence-electron chi connectivity index (χ1n) is 21.4. The van der Waals surface area contributed by atoms with Crippen LogP contribution >= 0.6 is 0 Å². The van der Waals surface area contributed by atoms with Gasteiger partial charge in [-0.2, -0.15) is 0 Å². The van der Waals surface area contributed by atoms with Crippen molar-refractivity contribution in [3.05, 3.63) is 0 Å². The summed E-state index contributed by atoms with van der Waals surface area (Å²) in [6, 6.07) is 0. The highest BCUT2D eigenvalue weighted by atomic mass is 16.8. The third-order valence-electron chi connectivity index (χ3n) is 11.6. The summed E-state index contributed by atoms with van der Waals surface area (Å²) in [6.07, 6.45) is 4.81. The van der Waals surface area contributed by atoms with Crippen molar-refractivity contribution in [2.75, 3.05) is 32.9 Å². The number of aliphatic hydroxyl groups is 1. The molecule has 0 radical (unpaired) electrons. The molecule has 2 amide bonds. The van der Waals surface area contributed by atoms with E-state index in [9.17, 15) is 14.7 Å². The summed E-state index contributed by atoms with van der Waals surface area (Å²) in [7, 11) is 0. The molecule has 0 aromatic heterocycles. The van der Waals surface area contributed by atoms with Crippen LogP contribution in [0.1, 0.15) is 175 Å². The number of amides is 2. The van der Waals surface area contributed by atoms with Gasteiger partial charge in [0.2, 0.25) is 11.8 Å². The molecule has 0 aromatic carbocycles. The molecular weight excluding hydrogens is 697 g/mol. The van der Waals surface area contributed by atoms with Crippen molar-refractivity contribution in [3.8, 4) is 0 Å². The van der Waals surface area contributed by atoms with Gasteiger partial charge in [0, 0.05) is 44.7 Å². The largest absolute Gasteiger partial charge is 0.390 e. The highest BCUT2D eigenvalue weighted by Crippen LogP contribution is 2.45. The average Bonchev–Trinajstić information content (AvgIpc) is 3.60. The summed E-state index contributed by atoms with van der Waals surface area (Å²) in [5.74, 6) is -2.03. The first kappa shape index (κ1) is 49.8. The van der Waals surface area contributed by atoms with E-state index >= 15 is 0 Å². The number of nitrogens with one attached hydrogen (secondary N) is 2. The van der Waals surface area contributed by atoms with Gasteiger partial charge in [-0.25, -0.2) is 0 Å². The lowest BCUT2D eigenvalue weighted by molar-refractivity contribution is -0.202. The van der Waals surface area contributed by atoms with Crippen molar-refractivity contribution in [2.45, 2.75) is 210 Å². The maximum atomic E-state index is 13.0. The molecule has 55 heavy (non-hydrogen) atoms. The van der Waals surface area contributed by atoms with E-state index in [1.807, 2.05) is 27.7 Å². The molecule has 10 nitrogen and oxygen atoms in total. The Labute approximate surface area is 337 Å². The quantitative estimate of drug-likeness (QED) is 0.0995. The molecule has 324 valence electrons. The molecule has 0 aliphatic carbocycles. The van der Waals surface area contributed by atoms with Crippen LogP contribution in [-0.2, 0) is 33.3 Å². The van der Waals surface area contributed by atoms with Crippen LogP contribution in [0.25, 0.3) is 0 Å². The van der Waals surface area contributed by atoms with E-state index in [-0.39, 0.29) is 57.5 Å². The summed E-state index contributed by atoms with van der Waals surface area (Å²) in [6.45, 7) is 38.5. The normalized spacial score (nSPS) is 26.4. The van der Waals surface area contributed by atoms with Crippen molar-refractivity contribution >= 4 is 11.8 Å². The first-order chi connectivity index (χ1) is 24.8. The summed E-state index contributed by atoms with van der Waals surface area (Å²) in [5, 5.41) is 17.0. The van der Waals surface area contributed by atoms with Gasteiger partial charge in [-0.1, -0.05) is 89.5 Å². The number of hydrogen-bond donors (Lipinski definition) is 3. The summed E-state index contributed by atoms with van der Waals surface area (Å²) in [4.78, 5) is 26.1. The lowest BCUT2D eigenvalue weighted by Gasteiger charge is -2.44. The van der Waals surface area contributed by atoms with Gasteiger partial charge < -0.3 is 39.4 Å².